The van der Waals surface area contributed by atoms with E-state index in [0.29, 0.717) is 30.3 Å². The van der Waals surface area contributed by atoms with Gasteiger partial charge in [0.15, 0.2) is 0 Å². The van der Waals surface area contributed by atoms with E-state index in [9.17, 15) is 9.90 Å². The summed E-state index contributed by atoms with van der Waals surface area (Å²) in [6, 6.07) is 18.7. The topological polar surface area (TPSA) is 117 Å². The van der Waals surface area contributed by atoms with Crippen LogP contribution < -0.4 is 10.1 Å². The normalized spacial score (nSPS) is 19.1. The lowest BCUT2D eigenvalue weighted by Crippen LogP contribution is -2.42. The van der Waals surface area contributed by atoms with Crippen LogP contribution in [0, 0.1) is 12.3 Å². The predicted molar refractivity (Wildman–Crippen MR) is 166 cm³/mol. The van der Waals surface area contributed by atoms with E-state index in [0.717, 1.165) is 61.0 Å². The molecule has 43 heavy (non-hydrogen) atoms. The van der Waals surface area contributed by atoms with Gasteiger partial charge in [-0.3, -0.25) is 4.90 Å². The van der Waals surface area contributed by atoms with Gasteiger partial charge in [0, 0.05) is 38.0 Å². The highest BCUT2D eigenvalue weighted by atomic mass is 16.5. The van der Waals surface area contributed by atoms with Gasteiger partial charge >= 0.3 is 5.97 Å². The number of nitrogens with zero attached hydrogens (tertiary/aromatic N) is 2. The third-order valence-corrected chi connectivity index (χ3v) is 8.49. The molecule has 2 heterocycles. The molecule has 0 saturated heterocycles. The molecule has 1 aliphatic heterocycles. The van der Waals surface area contributed by atoms with Gasteiger partial charge in [-0.1, -0.05) is 36.4 Å². The fourth-order valence-corrected chi connectivity index (χ4v) is 6.10. The Kier molecular flexibility index (Phi) is 9.74. The van der Waals surface area contributed by atoms with E-state index < -0.39 is 5.97 Å². The van der Waals surface area contributed by atoms with Gasteiger partial charge in [-0.05, 0) is 79.5 Å². The Bertz CT molecular complexity index is 1500. The SMILES string of the molecule is CO/C(Nc1cccc(-c2cccc(C)c2OCc2ccc3c(c2)CCN(C2CCC(OC)CC2)C3)n1)=C(/C=N)C(=O)O. The van der Waals surface area contributed by atoms with Crippen molar-refractivity contribution in [2.24, 2.45) is 0 Å². The number of para-hydroxylation sites is 1. The van der Waals surface area contributed by atoms with Crippen LogP contribution in [0.4, 0.5) is 5.82 Å². The molecule has 0 unspecified atom stereocenters. The lowest BCUT2D eigenvalue weighted by atomic mass is 9.89. The summed E-state index contributed by atoms with van der Waals surface area (Å²) < 4.78 is 17.2. The number of carboxylic acid groups (broad SMARTS) is 1. The summed E-state index contributed by atoms with van der Waals surface area (Å²) in [4.78, 5) is 18.8. The van der Waals surface area contributed by atoms with Crippen LogP contribution in [0.1, 0.15) is 47.9 Å². The van der Waals surface area contributed by atoms with E-state index in [1.54, 1.807) is 6.07 Å². The highest BCUT2D eigenvalue weighted by molar-refractivity contribution is 6.08. The van der Waals surface area contributed by atoms with Crippen LogP contribution in [-0.4, -0.2) is 60.1 Å². The fraction of sp³-hybridized carbons (Fsp3) is 0.382. The molecule has 0 radical (unpaired) electrons. The van der Waals surface area contributed by atoms with E-state index in [4.69, 9.17) is 24.6 Å². The number of benzene rings is 2. The van der Waals surface area contributed by atoms with E-state index in [1.165, 1.54) is 31.1 Å². The van der Waals surface area contributed by atoms with Crippen molar-refractivity contribution in [3.8, 4) is 17.0 Å². The van der Waals surface area contributed by atoms with E-state index in [-0.39, 0.29) is 11.5 Å². The number of pyridine rings is 1. The zero-order valence-corrected chi connectivity index (χ0v) is 25.1. The zero-order valence-electron chi connectivity index (χ0n) is 25.1. The van der Waals surface area contributed by atoms with Gasteiger partial charge in [-0.2, -0.15) is 0 Å². The standard InChI is InChI=1S/C34H40N4O5/c1-22-6-4-7-28(30-8-5-9-31(36-30)37-33(42-3)29(19-35)34(39)40)32(22)43-21-23-10-11-25-20-38(17-16-24(25)18-23)26-12-14-27(41-2)15-13-26/h4-11,18-19,26-27,35H,12-17,20-21H2,1-3H3,(H,36,37)(H,39,40)/b33-29-,35-19?. The Morgan fingerprint density at radius 1 is 1.09 bits per heavy atom. The van der Waals surface area contributed by atoms with Crippen molar-refractivity contribution in [2.45, 2.75) is 64.3 Å². The molecule has 0 bridgehead atoms. The van der Waals surface area contributed by atoms with Gasteiger partial charge in [0.2, 0.25) is 5.88 Å². The molecular weight excluding hydrogens is 544 g/mol. The van der Waals surface area contributed by atoms with Crippen molar-refractivity contribution in [1.82, 2.24) is 9.88 Å². The molecule has 5 rings (SSSR count). The molecule has 3 aromatic rings. The third-order valence-electron chi connectivity index (χ3n) is 8.49. The molecule has 9 nitrogen and oxygen atoms in total. The number of carbonyl (C=O) groups is 1. The number of nitrogens with one attached hydrogen (secondary N) is 2. The lowest BCUT2D eigenvalue weighted by Gasteiger charge is -2.39. The van der Waals surface area contributed by atoms with Crippen molar-refractivity contribution in [3.63, 3.8) is 0 Å². The maximum atomic E-state index is 11.5. The first-order chi connectivity index (χ1) is 20.9. The van der Waals surface area contributed by atoms with Gasteiger partial charge in [0.25, 0.3) is 0 Å². The first-order valence-electron chi connectivity index (χ1n) is 14.8. The Balaban J connectivity index is 1.29. The molecule has 0 spiro atoms. The molecule has 0 amide bonds. The quantitative estimate of drug-likeness (QED) is 0.144. The average Bonchev–Trinajstić information content (AvgIpc) is 3.03. The second-order valence-electron chi connectivity index (χ2n) is 11.2. The van der Waals surface area contributed by atoms with E-state index in [1.807, 2.05) is 44.4 Å². The van der Waals surface area contributed by atoms with Crippen LogP contribution in [-0.2, 0) is 33.8 Å². The Labute approximate surface area is 253 Å². The first-order valence-corrected chi connectivity index (χ1v) is 14.8. The zero-order chi connectivity index (χ0) is 30.3. The van der Waals surface area contributed by atoms with Crippen molar-refractivity contribution in [3.05, 3.63) is 88.3 Å². The Hall–Kier alpha value is -4.21. The second kappa shape index (κ2) is 13.8. The molecule has 3 N–H and O–H groups in total. The summed E-state index contributed by atoms with van der Waals surface area (Å²) in [5.74, 6) is -0.204. The van der Waals surface area contributed by atoms with Gasteiger partial charge in [0.05, 0.1) is 18.9 Å². The molecule has 1 aromatic heterocycles. The molecule has 2 aromatic carbocycles. The largest absolute Gasteiger partial charge is 0.488 e. The summed E-state index contributed by atoms with van der Waals surface area (Å²) in [6.07, 6.45) is 6.93. The van der Waals surface area contributed by atoms with Gasteiger partial charge < -0.3 is 30.0 Å². The van der Waals surface area contributed by atoms with E-state index in [2.05, 4.69) is 28.4 Å². The van der Waals surface area contributed by atoms with Crippen molar-refractivity contribution < 1.29 is 24.1 Å². The molecular formula is C34H40N4O5. The molecule has 226 valence electrons. The van der Waals surface area contributed by atoms with Crippen molar-refractivity contribution in [1.29, 1.82) is 5.41 Å². The van der Waals surface area contributed by atoms with Crippen LogP contribution in [0.25, 0.3) is 11.3 Å². The first kappa shape index (κ1) is 30.3. The maximum absolute atomic E-state index is 11.5. The highest BCUT2D eigenvalue weighted by Gasteiger charge is 2.28. The number of rotatable bonds is 11. The van der Waals surface area contributed by atoms with Gasteiger partial charge in [-0.15, -0.1) is 0 Å². The number of ether oxygens (including phenoxy) is 3. The second-order valence-corrected chi connectivity index (χ2v) is 11.2. The molecule has 1 saturated carbocycles. The minimum Gasteiger partial charge on any atom is -0.488 e. The molecule has 9 heteroatoms. The van der Waals surface area contributed by atoms with Crippen molar-refractivity contribution >= 4 is 18.0 Å². The van der Waals surface area contributed by atoms with Crippen LogP contribution in [0.15, 0.2) is 66.1 Å². The van der Waals surface area contributed by atoms with E-state index >= 15 is 0 Å². The smallest absolute Gasteiger partial charge is 0.342 e. The summed E-state index contributed by atoms with van der Waals surface area (Å²) in [5, 5.41) is 19.7. The number of hydrogen-bond acceptors (Lipinski definition) is 8. The number of aromatic nitrogens is 1. The molecule has 2 aliphatic rings. The van der Waals surface area contributed by atoms with Crippen molar-refractivity contribution in [2.75, 3.05) is 26.1 Å². The number of aryl methyl sites for hydroxylation is 1. The van der Waals surface area contributed by atoms with Crippen LogP contribution >= 0.6 is 0 Å². The fourth-order valence-electron chi connectivity index (χ4n) is 6.10. The predicted octanol–water partition coefficient (Wildman–Crippen LogP) is 5.96. The van der Waals surface area contributed by atoms with Crippen LogP contribution in [0.3, 0.4) is 0 Å². The van der Waals surface area contributed by atoms with Gasteiger partial charge in [-0.25, -0.2) is 9.78 Å². The minimum atomic E-state index is -1.27. The maximum Gasteiger partial charge on any atom is 0.342 e. The number of hydrogen-bond donors (Lipinski definition) is 3. The van der Waals surface area contributed by atoms with Crippen LogP contribution in [0.2, 0.25) is 0 Å². The number of carboxylic acids is 1. The lowest BCUT2D eigenvalue weighted by molar-refractivity contribution is -0.132. The van der Waals surface area contributed by atoms with Crippen LogP contribution in [0.5, 0.6) is 5.75 Å². The summed E-state index contributed by atoms with van der Waals surface area (Å²) in [5.41, 5.74) is 6.12. The van der Waals surface area contributed by atoms with Gasteiger partial charge in [0.1, 0.15) is 23.7 Å². The monoisotopic (exact) mass is 584 g/mol. The molecule has 0 atom stereocenters. The minimum absolute atomic E-state index is 0.0677. The number of methoxy groups -OCH3 is 2. The summed E-state index contributed by atoms with van der Waals surface area (Å²) in [6.45, 7) is 4.54. The number of anilines is 1. The highest BCUT2D eigenvalue weighted by Crippen LogP contribution is 2.34. The number of aliphatic carboxylic acids is 1. The Morgan fingerprint density at radius 3 is 2.60 bits per heavy atom. The number of fused-ring (bicyclic) bond motifs is 1. The summed E-state index contributed by atoms with van der Waals surface area (Å²) in [7, 11) is 3.17. The molecule has 1 fully saturated rings. The molecule has 1 aliphatic carbocycles. The summed E-state index contributed by atoms with van der Waals surface area (Å²) >= 11 is 0. The third kappa shape index (κ3) is 7.06. The average molecular weight is 585 g/mol. The Morgan fingerprint density at radius 2 is 1.88 bits per heavy atom.